The molecule has 0 atom stereocenters. The fourth-order valence-electron chi connectivity index (χ4n) is 2.47. The van der Waals surface area contributed by atoms with Gasteiger partial charge in [0.25, 0.3) is 0 Å². The summed E-state index contributed by atoms with van der Waals surface area (Å²) in [6.07, 6.45) is 3.59. The second kappa shape index (κ2) is 5.51. The molecule has 1 amide bonds. The van der Waals surface area contributed by atoms with Crippen molar-refractivity contribution in [3.63, 3.8) is 0 Å². The molecule has 7 heteroatoms. The van der Waals surface area contributed by atoms with E-state index in [9.17, 15) is 4.79 Å². The van der Waals surface area contributed by atoms with Crippen LogP contribution in [0.25, 0.3) is 5.82 Å². The number of amides is 1. The van der Waals surface area contributed by atoms with Crippen molar-refractivity contribution in [2.24, 2.45) is 0 Å². The monoisotopic (exact) mass is 286 g/mol. The molecule has 0 unspecified atom stereocenters. The van der Waals surface area contributed by atoms with E-state index in [1.54, 1.807) is 17.8 Å². The Labute approximate surface area is 123 Å². The number of carbonyl (C=O) groups excluding carboxylic acids is 1. The first-order valence-electron chi connectivity index (χ1n) is 6.99. The molecular formula is C14H18N6O. The summed E-state index contributed by atoms with van der Waals surface area (Å²) in [4.78, 5) is 24.3. The van der Waals surface area contributed by atoms with Crippen LogP contribution >= 0.6 is 0 Å². The van der Waals surface area contributed by atoms with Gasteiger partial charge in [0, 0.05) is 51.6 Å². The molecule has 1 aliphatic heterocycles. The third kappa shape index (κ3) is 2.86. The van der Waals surface area contributed by atoms with Crippen molar-refractivity contribution in [1.82, 2.24) is 24.6 Å². The molecule has 0 bridgehead atoms. The summed E-state index contributed by atoms with van der Waals surface area (Å²) in [5.74, 6) is 2.49. The smallest absolute Gasteiger partial charge is 0.219 e. The van der Waals surface area contributed by atoms with Gasteiger partial charge in [-0.1, -0.05) is 0 Å². The van der Waals surface area contributed by atoms with E-state index in [1.165, 1.54) is 0 Å². The van der Waals surface area contributed by atoms with Crippen molar-refractivity contribution in [2.45, 2.75) is 13.8 Å². The topological polar surface area (TPSA) is 67.2 Å². The molecule has 0 aliphatic carbocycles. The van der Waals surface area contributed by atoms with Gasteiger partial charge in [-0.25, -0.2) is 14.6 Å². The van der Waals surface area contributed by atoms with E-state index in [2.05, 4.69) is 20.0 Å². The zero-order valence-corrected chi connectivity index (χ0v) is 12.2. The molecule has 3 heterocycles. The molecule has 2 aromatic rings. The van der Waals surface area contributed by atoms with E-state index in [0.29, 0.717) is 5.82 Å². The molecule has 1 aliphatic rings. The zero-order chi connectivity index (χ0) is 14.8. The lowest BCUT2D eigenvalue weighted by atomic mass is 10.3. The van der Waals surface area contributed by atoms with Gasteiger partial charge in [-0.05, 0) is 13.0 Å². The van der Waals surface area contributed by atoms with Crippen molar-refractivity contribution in [2.75, 3.05) is 31.1 Å². The molecule has 7 nitrogen and oxygen atoms in total. The highest BCUT2D eigenvalue weighted by atomic mass is 16.2. The van der Waals surface area contributed by atoms with Gasteiger partial charge in [-0.2, -0.15) is 5.10 Å². The number of aromatic nitrogens is 4. The number of piperazine rings is 1. The second-order valence-electron chi connectivity index (χ2n) is 5.08. The Morgan fingerprint density at radius 3 is 2.48 bits per heavy atom. The van der Waals surface area contributed by atoms with E-state index in [-0.39, 0.29) is 5.91 Å². The van der Waals surface area contributed by atoms with Crippen LogP contribution in [-0.2, 0) is 4.79 Å². The summed E-state index contributed by atoms with van der Waals surface area (Å²) < 4.78 is 1.73. The van der Waals surface area contributed by atoms with E-state index in [0.717, 1.165) is 37.8 Å². The molecule has 0 aromatic carbocycles. The van der Waals surface area contributed by atoms with E-state index >= 15 is 0 Å². The first-order chi connectivity index (χ1) is 10.1. The zero-order valence-electron chi connectivity index (χ0n) is 12.2. The molecule has 0 N–H and O–H groups in total. The summed E-state index contributed by atoms with van der Waals surface area (Å²) in [7, 11) is 0. The maximum absolute atomic E-state index is 11.4. The maximum Gasteiger partial charge on any atom is 0.219 e. The number of carbonyl (C=O) groups is 1. The highest BCUT2D eigenvalue weighted by molar-refractivity contribution is 5.73. The van der Waals surface area contributed by atoms with Crippen LogP contribution in [0.1, 0.15) is 12.7 Å². The Bertz CT molecular complexity index is 631. The molecule has 1 saturated heterocycles. The van der Waals surface area contributed by atoms with Crippen molar-refractivity contribution < 1.29 is 4.79 Å². The quantitative estimate of drug-likeness (QED) is 0.810. The van der Waals surface area contributed by atoms with Crippen molar-refractivity contribution in [1.29, 1.82) is 0 Å². The Balaban J connectivity index is 1.82. The minimum atomic E-state index is 0.130. The van der Waals surface area contributed by atoms with Gasteiger partial charge in [-0.3, -0.25) is 4.79 Å². The minimum absolute atomic E-state index is 0.130. The van der Waals surface area contributed by atoms with Crippen LogP contribution in [0, 0.1) is 6.92 Å². The largest absolute Gasteiger partial charge is 0.353 e. The van der Waals surface area contributed by atoms with Crippen molar-refractivity contribution >= 4 is 11.7 Å². The minimum Gasteiger partial charge on any atom is -0.353 e. The van der Waals surface area contributed by atoms with Gasteiger partial charge < -0.3 is 9.80 Å². The fraction of sp³-hybridized carbons (Fsp3) is 0.429. The van der Waals surface area contributed by atoms with Gasteiger partial charge >= 0.3 is 0 Å². The molecule has 2 aromatic heterocycles. The predicted octanol–water partition coefficient (Wildman–Crippen LogP) is 0.639. The van der Waals surface area contributed by atoms with Crippen LogP contribution < -0.4 is 4.90 Å². The Morgan fingerprint density at radius 2 is 1.86 bits per heavy atom. The van der Waals surface area contributed by atoms with Gasteiger partial charge in [0.2, 0.25) is 5.91 Å². The van der Waals surface area contributed by atoms with Crippen LogP contribution in [0.5, 0.6) is 0 Å². The van der Waals surface area contributed by atoms with Crippen LogP contribution in [0.4, 0.5) is 5.82 Å². The van der Waals surface area contributed by atoms with E-state index < -0.39 is 0 Å². The molecule has 0 saturated carbocycles. The van der Waals surface area contributed by atoms with Gasteiger partial charge in [-0.15, -0.1) is 0 Å². The lowest BCUT2D eigenvalue weighted by molar-refractivity contribution is -0.129. The van der Waals surface area contributed by atoms with Crippen LogP contribution in [0.3, 0.4) is 0 Å². The lowest BCUT2D eigenvalue weighted by Gasteiger charge is -2.35. The third-order valence-electron chi connectivity index (χ3n) is 3.60. The number of aryl methyl sites for hydroxylation is 1. The number of hydrogen-bond donors (Lipinski definition) is 0. The Hall–Kier alpha value is -2.44. The predicted molar refractivity (Wildman–Crippen MR) is 78.4 cm³/mol. The first kappa shape index (κ1) is 13.5. The van der Waals surface area contributed by atoms with Crippen LogP contribution in [0.2, 0.25) is 0 Å². The first-order valence-corrected chi connectivity index (χ1v) is 6.99. The fourth-order valence-corrected chi connectivity index (χ4v) is 2.47. The summed E-state index contributed by atoms with van der Waals surface area (Å²) in [6, 6.07) is 3.80. The molecule has 21 heavy (non-hydrogen) atoms. The number of hydrogen-bond acceptors (Lipinski definition) is 5. The summed E-state index contributed by atoms with van der Waals surface area (Å²) in [5.41, 5.74) is 0. The van der Waals surface area contributed by atoms with Crippen LogP contribution in [0.15, 0.2) is 24.5 Å². The van der Waals surface area contributed by atoms with Gasteiger partial charge in [0.05, 0.1) is 0 Å². The average molecular weight is 286 g/mol. The summed E-state index contributed by atoms with van der Waals surface area (Å²) in [5, 5.41) is 4.20. The number of rotatable bonds is 2. The highest BCUT2D eigenvalue weighted by Gasteiger charge is 2.20. The van der Waals surface area contributed by atoms with Crippen LogP contribution in [-0.4, -0.2) is 56.7 Å². The highest BCUT2D eigenvalue weighted by Crippen LogP contribution is 2.17. The summed E-state index contributed by atoms with van der Waals surface area (Å²) in [6.45, 7) is 6.52. The van der Waals surface area contributed by atoms with Crippen molar-refractivity contribution in [3.8, 4) is 5.82 Å². The molecule has 0 radical (unpaired) electrons. The number of anilines is 1. The third-order valence-corrected chi connectivity index (χ3v) is 3.60. The Kier molecular flexibility index (Phi) is 3.55. The second-order valence-corrected chi connectivity index (χ2v) is 5.08. The maximum atomic E-state index is 11.4. The van der Waals surface area contributed by atoms with Crippen molar-refractivity contribution in [3.05, 3.63) is 30.4 Å². The lowest BCUT2D eigenvalue weighted by Crippen LogP contribution is -2.48. The molecular weight excluding hydrogens is 268 g/mol. The number of nitrogens with zero attached hydrogens (tertiary/aromatic N) is 6. The normalized spacial score (nSPS) is 15.3. The van der Waals surface area contributed by atoms with E-state index in [4.69, 9.17) is 0 Å². The molecule has 3 rings (SSSR count). The van der Waals surface area contributed by atoms with Gasteiger partial charge in [0.1, 0.15) is 11.6 Å². The molecule has 110 valence electrons. The van der Waals surface area contributed by atoms with Gasteiger partial charge in [0.15, 0.2) is 5.82 Å². The molecule has 1 fully saturated rings. The van der Waals surface area contributed by atoms with E-state index in [1.807, 2.05) is 30.2 Å². The SMILES string of the molecule is CC(=O)N1CCN(c2cc(-n3cccn3)nc(C)n2)CC1. The Morgan fingerprint density at radius 1 is 1.14 bits per heavy atom. The molecule has 0 spiro atoms. The standard InChI is InChI=1S/C14H18N6O/c1-11-16-13(10-14(17-11)20-5-3-4-15-20)19-8-6-18(7-9-19)12(2)21/h3-5,10H,6-9H2,1-2H3. The summed E-state index contributed by atoms with van der Waals surface area (Å²) >= 11 is 0. The average Bonchev–Trinajstić information content (AvgIpc) is 3.01.